The summed E-state index contributed by atoms with van der Waals surface area (Å²) in [6.07, 6.45) is 0. The minimum absolute atomic E-state index is 0.0353. The number of rotatable bonds is 0. The van der Waals surface area contributed by atoms with Crippen LogP contribution in [0.25, 0.3) is 0 Å². The molecule has 0 aliphatic heterocycles. The number of aryl methyl sites for hydroxylation is 1. The van der Waals surface area contributed by atoms with E-state index in [0.29, 0.717) is 10.3 Å². The molecule has 0 spiro atoms. The molecule has 1 rings (SSSR count). The standard InChI is InChI=1S/C7H5BrN2O/c1-4-2-6(11)5(3-9)7(8)10-4/h2H,1H3,(H,10,11). The molecule has 0 radical (unpaired) electrons. The van der Waals surface area contributed by atoms with Gasteiger partial charge in [-0.3, -0.25) is 0 Å². The van der Waals surface area contributed by atoms with Crippen molar-refractivity contribution in [2.45, 2.75) is 6.92 Å². The second-order valence-electron chi connectivity index (χ2n) is 2.06. The van der Waals surface area contributed by atoms with Crippen LogP contribution in [-0.2, 0) is 0 Å². The highest BCUT2D eigenvalue weighted by molar-refractivity contribution is 9.10. The predicted molar refractivity (Wildman–Crippen MR) is 43.1 cm³/mol. The zero-order valence-electron chi connectivity index (χ0n) is 5.80. The molecule has 0 unspecified atom stereocenters. The van der Waals surface area contributed by atoms with Crippen molar-refractivity contribution in [3.05, 3.63) is 21.9 Å². The Hall–Kier alpha value is -1.08. The third-order valence-corrected chi connectivity index (χ3v) is 1.77. The zero-order valence-corrected chi connectivity index (χ0v) is 7.38. The average molecular weight is 213 g/mol. The minimum atomic E-state index is -0.0353. The maximum atomic E-state index is 9.18. The van der Waals surface area contributed by atoms with Gasteiger partial charge < -0.3 is 5.11 Å². The second kappa shape index (κ2) is 2.89. The van der Waals surface area contributed by atoms with E-state index in [9.17, 15) is 5.11 Å². The number of hydrogen-bond acceptors (Lipinski definition) is 3. The van der Waals surface area contributed by atoms with Gasteiger partial charge in [0.2, 0.25) is 0 Å². The molecule has 0 fully saturated rings. The van der Waals surface area contributed by atoms with Gasteiger partial charge in [0.1, 0.15) is 22.0 Å². The molecule has 0 bridgehead atoms. The molecular formula is C7H5BrN2O. The summed E-state index contributed by atoms with van der Waals surface area (Å²) < 4.78 is 0.387. The summed E-state index contributed by atoms with van der Waals surface area (Å²) in [6, 6.07) is 3.28. The average Bonchev–Trinajstić information content (AvgIpc) is 1.85. The van der Waals surface area contributed by atoms with E-state index in [-0.39, 0.29) is 11.3 Å². The topological polar surface area (TPSA) is 56.9 Å². The fourth-order valence-corrected chi connectivity index (χ4v) is 1.29. The van der Waals surface area contributed by atoms with Gasteiger partial charge in [0.15, 0.2) is 0 Å². The summed E-state index contributed by atoms with van der Waals surface area (Å²) in [5.74, 6) is -0.0353. The van der Waals surface area contributed by atoms with Crippen LogP contribution in [-0.4, -0.2) is 10.1 Å². The van der Waals surface area contributed by atoms with Crippen LogP contribution in [0.1, 0.15) is 11.3 Å². The minimum Gasteiger partial charge on any atom is -0.506 e. The van der Waals surface area contributed by atoms with Crippen molar-refractivity contribution in [1.82, 2.24) is 4.98 Å². The zero-order chi connectivity index (χ0) is 8.43. The molecule has 1 N–H and O–H groups in total. The Morgan fingerprint density at radius 1 is 1.73 bits per heavy atom. The maximum absolute atomic E-state index is 9.18. The highest BCUT2D eigenvalue weighted by atomic mass is 79.9. The van der Waals surface area contributed by atoms with Gasteiger partial charge in [-0.2, -0.15) is 5.26 Å². The Morgan fingerprint density at radius 3 is 2.82 bits per heavy atom. The Kier molecular flexibility index (Phi) is 2.11. The SMILES string of the molecule is Cc1cc(O)c(C#N)c(Br)n1. The third kappa shape index (κ3) is 1.49. The van der Waals surface area contributed by atoms with Gasteiger partial charge in [-0.05, 0) is 22.9 Å². The monoisotopic (exact) mass is 212 g/mol. The van der Waals surface area contributed by atoms with Crippen molar-refractivity contribution in [2.75, 3.05) is 0 Å². The molecule has 0 aliphatic rings. The van der Waals surface area contributed by atoms with Crippen LogP contribution in [0.15, 0.2) is 10.7 Å². The van der Waals surface area contributed by atoms with Crippen LogP contribution in [0.2, 0.25) is 0 Å². The highest BCUT2D eigenvalue weighted by Crippen LogP contribution is 2.23. The van der Waals surface area contributed by atoms with E-state index in [1.54, 1.807) is 6.92 Å². The summed E-state index contributed by atoms with van der Waals surface area (Å²) in [7, 11) is 0. The van der Waals surface area contributed by atoms with E-state index in [1.807, 2.05) is 6.07 Å². The molecule has 1 heterocycles. The molecule has 1 aromatic rings. The summed E-state index contributed by atoms with van der Waals surface area (Å²) >= 11 is 3.06. The largest absolute Gasteiger partial charge is 0.506 e. The highest BCUT2D eigenvalue weighted by Gasteiger charge is 2.06. The van der Waals surface area contributed by atoms with E-state index in [4.69, 9.17) is 5.26 Å². The van der Waals surface area contributed by atoms with Gasteiger partial charge in [0.25, 0.3) is 0 Å². The molecule has 0 aliphatic carbocycles. The number of pyridine rings is 1. The quantitative estimate of drug-likeness (QED) is 0.667. The molecule has 0 saturated heterocycles. The lowest BCUT2D eigenvalue weighted by molar-refractivity contribution is 0.471. The Bertz CT molecular complexity index is 307. The fraction of sp³-hybridized carbons (Fsp3) is 0.143. The van der Waals surface area contributed by atoms with E-state index in [0.717, 1.165) is 0 Å². The Labute approximate surface area is 72.4 Å². The number of aromatic hydroxyl groups is 1. The van der Waals surface area contributed by atoms with Crippen molar-refractivity contribution in [3.8, 4) is 11.8 Å². The number of nitrogens with zero attached hydrogens (tertiary/aromatic N) is 2. The number of aromatic nitrogens is 1. The molecule has 1 aromatic heterocycles. The van der Waals surface area contributed by atoms with Gasteiger partial charge >= 0.3 is 0 Å². The normalized spacial score (nSPS) is 9.18. The van der Waals surface area contributed by atoms with E-state index < -0.39 is 0 Å². The van der Waals surface area contributed by atoms with E-state index in [1.165, 1.54) is 6.07 Å². The van der Waals surface area contributed by atoms with Crippen LogP contribution in [0.3, 0.4) is 0 Å². The lowest BCUT2D eigenvalue weighted by Crippen LogP contribution is -1.87. The van der Waals surface area contributed by atoms with Gasteiger partial charge in [-0.25, -0.2) is 4.98 Å². The van der Waals surface area contributed by atoms with Crippen molar-refractivity contribution < 1.29 is 5.11 Å². The summed E-state index contributed by atoms with van der Waals surface area (Å²) in [4.78, 5) is 3.94. The van der Waals surface area contributed by atoms with Crippen molar-refractivity contribution in [1.29, 1.82) is 5.26 Å². The molecule has 0 amide bonds. The number of hydrogen-bond donors (Lipinski definition) is 1. The lowest BCUT2D eigenvalue weighted by atomic mass is 10.2. The van der Waals surface area contributed by atoms with Gasteiger partial charge in [0, 0.05) is 11.8 Å². The molecule has 4 heteroatoms. The van der Waals surface area contributed by atoms with Crippen molar-refractivity contribution in [2.24, 2.45) is 0 Å². The fourth-order valence-electron chi connectivity index (χ4n) is 0.722. The van der Waals surface area contributed by atoms with Crippen molar-refractivity contribution in [3.63, 3.8) is 0 Å². The van der Waals surface area contributed by atoms with Crippen LogP contribution in [0.5, 0.6) is 5.75 Å². The molecule has 0 aromatic carbocycles. The van der Waals surface area contributed by atoms with Crippen molar-refractivity contribution >= 4 is 15.9 Å². The smallest absolute Gasteiger partial charge is 0.137 e. The van der Waals surface area contributed by atoms with E-state index in [2.05, 4.69) is 20.9 Å². The Morgan fingerprint density at radius 2 is 2.36 bits per heavy atom. The lowest BCUT2D eigenvalue weighted by Gasteiger charge is -1.98. The molecule has 0 saturated carbocycles. The molecule has 56 valence electrons. The van der Waals surface area contributed by atoms with Crippen LogP contribution >= 0.6 is 15.9 Å². The predicted octanol–water partition coefficient (Wildman–Crippen LogP) is 1.73. The number of halogens is 1. The molecule has 0 atom stereocenters. The maximum Gasteiger partial charge on any atom is 0.137 e. The first-order valence-corrected chi connectivity index (χ1v) is 3.70. The van der Waals surface area contributed by atoms with Crippen LogP contribution in [0.4, 0.5) is 0 Å². The number of nitriles is 1. The first kappa shape index (κ1) is 8.02. The summed E-state index contributed by atoms with van der Waals surface area (Å²) in [5.41, 5.74) is 0.851. The molecular weight excluding hydrogens is 208 g/mol. The van der Waals surface area contributed by atoms with Gasteiger partial charge in [-0.15, -0.1) is 0 Å². The first-order chi connectivity index (χ1) is 5.15. The van der Waals surface area contributed by atoms with Crippen LogP contribution in [0, 0.1) is 18.3 Å². The summed E-state index contributed by atoms with van der Waals surface area (Å²) in [5, 5.41) is 17.7. The Balaban J connectivity index is 3.40. The van der Waals surface area contributed by atoms with E-state index >= 15 is 0 Å². The molecule has 11 heavy (non-hydrogen) atoms. The second-order valence-corrected chi connectivity index (χ2v) is 2.81. The summed E-state index contributed by atoms with van der Waals surface area (Å²) in [6.45, 7) is 1.74. The van der Waals surface area contributed by atoms with Gasteiger partial charge in [-0.1, -0.05) is 0 Å². The molecule has 3 nitrogen and oxygen atoms in total. The van der Waals surface area contributed by atoms with Gasteiger partial charge in [0.05, 0.1) is 0 Å². The first-order valence-electron chi connectivity index (χ1n) is 2.91. The third-order valence-electron chi connectivity index (χ3n) is 1.19. The van der Waals surface area contributed by atoms with Crippen LogP contribution < -0.4 is 0 Å².